The lowest BCUT2D eigenvalue weighted by atomic mass is 10.5. The minimum atomic E-state index is -0.168. The van der Waals surface area contributed by atoms with Crippen molar-refractivity contribution in [3.8, 4) is 0 Å². The monoisotopic (exact) mass is 166 g/mol. The van der Waals surface area contributed by atoms with Crippen molar-refractivity contribution >= 4 is 5.91 Å². The van der Waals surface area contributed by atoms with Crippen molar-refractivity contribution < 1.29 is 4.79 Å². The molecule has 0 saturated heterocycles. The fraction of sp³-hybridized carbons (Fsp3) is 0.571. The molecular formula is C7H10N4O. The second-order valence-electron chi connectivity index (χ2n) is 2.99. The molecule has 0 bridgehead atoms. The van der Waals surface area contributed by atoms with E-state index in [2.05, 4.69) is 15.4 Å². The van der Waals surface area contributed by atoms with E-state index >= 15 is 0 Å². The highest BCUT2D eigenvalue weighted by atomic mass is 16.2. The van der Waals surface area contributed by atoms with Gasteiger partial charge in [-0.05, 0) is 12.8 Å². The van der Waals surface area contributed by atoms with Gasteiger partial charge in [-0.1, -0.05) is 0 Å². The zero-order chi connectivity index (χ0) is 8.55. The number of nitrogens with zero attached hydrogens (tertiary/aromatic N) is 3. The zero-order valence-corrected chi connectivity index (χ0v) is 6.82. The van der Waals surface area contributed by atoms with Gasteiger partial charge in [0.2, 0.25) is 5.82 Å². The van der Waals surface area contributed by atoms with E-state index < -0.39 is 0 Å². The van der Waals surface area contributed by atoms with Crippen LogP contribution in [-0.2, 0) is 7.05 Å². The summed E-state index contributed by atoms with van der Waals surface area (Å²) in [5.41, 5.74) is 0. The Morgan fingerprint density at radius 3 is 3.00 bits per heavy atom. The molecule has 1 fully saturated rings. The van der Waals surface area contributed by atoms with Gasteiger partial charge >= 0.3 is 0 Å². The Hall–Kier alpha value is -1.39. The SMILES string of the molecule is Cn1cnc(C(=O)NC2CC2)n1. The summed E-state index contributed by atoms with van der Waals surface area (Å²) in [6, 6.07) is 0.362. The minimum Gasteiger partial charge on any atom is -0.347 e. The lowest BCUT2D eigenvalue weighted by Gasteiger charge is -1.96. The van der Waals surface area contributed by atoms with Gasteiger partial charge < -0.3 is 5.32 Å². The van der Waals surface area contributed by atoms with E-state index in [1.165, 1.54) is 11.0 Å². The summed E-state index contributed by atoms with van der Waals surface area (Å²) in [6.07, 6.45) is 3.68. The van der Waals surface area contributed by atoms with Gasteiger partial charge in [-0.25, -0.2) is 4.98 Å². The van der Waals surface area contributed by atoms with Crippen molar-refractivity contribution in [3.05, 3.63) is 12.2 Å². The molecule has 1 heterocycles. The largest absolute Gasteiger partial charge is 0.347 e. The molecule has 1 aliphatic rings. The standard InChI is InChI=1S/C7H10N4O/c1-11-4-8-6(10-11)7(12)9-5-2-3-5/h4-5H,2-3H2,1H3,(H,9,12). The van der Waals surface area contributed by atoms with E-state index in [0.29, 0.717) is 6.04 Å². The highest BCUT2D eigenvalue weighted by molar-refractivity contribution is 5.90. The third kappa shape index (κ3) is 1.44. The maximum atomic E-state index is 11.3. The number of carbonyl (C=O) groups excluding carboxylic acids is 1. The average molecular weight is 166 g/mol. The minimum absolute atomic E-state index is 0.168. The van der Waals surface area contributed by atoms with Crippen LogP contribution in [0.25, 0.3) is 0 Å². The Bertz CT molecular complexity index is 302. The van der Waals surface area contributed by atoms with E-state index in [0.717, 1.165) is 12.8 Å². The van der Waals surface area contributed by atoms with Crippen molar-refractivity contribution in [1.82, 2.24) is 20.1 Å². The van der Waals surface area contributed by atoms with Crippen LogP contribution >= 0.6 is 0 Å². The van der Waals surface area contributed by atoms with Crippen molar-refractivity contribution in [2.45, 2.75) is 18.9 Å². The maximum Gasteiger partial charge on any atom is 0.291 e. The molecule has 5 heteroatoms. The van der Waals surface area contributed by atoms with Crippen molar-refractivity contribution in [2.24, 2.45) is 7.05 Å². The number of carbonyl (C=O) groups is 1. The third-order valence-electron chi connectivity index (χ3n) is 1.72. The fourth-order valence-corrected chi connectivity index (χ4v) is 0.921. The van der Waals surface area contributed by atoms with Gasteiger partial charge in [-0.15, -0.1) is 5.10 Å². The first-order valence-electron chi connectivity index (χ1n) is 3.92. The van der Waals surface area contributed by atoms with Crippen molar-refractivity contribution in [2.75, 3.05) is 0 Å². The van der Waals surface area contributed by atoms with Crippen LogP contribution in [0.3, 0.4) is 0 Å². The summed E-state index contributed by atoms with van der Waals surface area (Å²) in [4.78, 5) is 15.1. The molecule has 0 spiro atoms. The number of hydrogen-bond donors (Lipinski definition) is 1. The van der Waals surface area contributed by atoms with Gasteiger partial charge in [0.25, 0.3) is 5.91 Å². The van der Waals surface area contributed by atoms with Crippen LogP contribution in [0.4, 0.5) is 0 Å². The average Bonchev–Trinajstić information content (AvgIpc) is 2.72. The second kappa shape index (κ2) is 2.58. The van der Waals surface area contributed by atoms with Gasteiger partial charge in [0, 0.05) is 13.1 Å². The van der Waals surface area contributed by atoms with Crippen LogP contribution in [0.2, 0.25) is 0 Å². The molecule has 2 rings (SSSR count). The highest BCUT2D eigenvalue weighted by Gasteiger charge is 2.25. The van der Waals surface area contributed by atoms with Gasteiger partial charge in [-0.3, -0.25) is 9.48 Å². The number of aromatic nitrogens is 3. The molecule has 1 N–H and O–H groups in total. The van der Waals surface area contributed by atoms with E-state index in [1.54, 1.807) is 7.05 Å². The summed E-state index contributed by atoms with van der Waals surface area (Å²) in [6.45, 7) is 0. The molecule has 5 nitrogen and oxygen atoms in total. The van der Waals surface area contributed by atoms with Gasteiger partial charge in [0.1, 0.15) is 6.33 Å². The van der Waals surface area contributed by atoms with E-state index in [4.69, 9.17) is 0 Å². The molecule has 0 aliphatic heterocycles. The number of amides is 1. The van der Waals surface area contributed by atoms with Crippen LogP contribution < -0.4 is 5.32 Å². The molecule has 0 unspecified atom stereocenters. The number of aryl methyl sites for hydroxylation is 1. The van der Waals surface area contributed by atoms with Gasteiger partial charge in [-0.2, -0.15) is 0 Å². The van der Waals surface area contributed by atoms with Crippen molar-refractivity contribution in [3.63, 3.8) is 0 Å². The molecule has 64 valence electrons. The molecule has 1 aromatic rings. The Morgan fingerprint density at radius 2 is 2.50 bits per heavy atom. The van der Waals surface area contributed by atoms with E-state index in [9.17, 15) is 4.79 Å². The first-order valence-corrected chi connectivity index (χ1v) is 3.92. The molecule has 12 heavy (non-hydrogen) atoms. The second-order valence-corrected chi connectivity index (χ2v) is 2.99. The maximum absolute atomic E-state index is 11.3. The molecule has 1 saturated carbocycles. The van der Waals surface area contributed by atoms with Crippen LogP contribution in [0.15, 0.2) is 6.33 Å². The molecule has 1 aromatic heterocycles. The zero-order valence-electron chi connectivity index (χ0n) is 6.82. The topological polar surface area (TPSA) is 59.8 Å². The highest BCUT2D eigenvalue weighted by Crippen LogP contribution is 2.18. The summed E-state index contributed by atoms with van der Waals surface area (Å²) < 4.78 is 1.52. The summed E-state index contributed by atoms with van der Waals surface area (Å²) in [7, 11) is 1.74. The third-order valence-corrected chi connectivity index (χ3v) is 1.72. The smallest absolute Gasteiger partial charge is 0.291 e. The lowest BCUT2D eigenvalue weighted by Crippen LogP contribution is -2.26. The molecule has 1 aliphatic carbocycles. The Balaban J connectivity index is 2.03. The first-order chi connectivity index (χ1) is 5.75. The molecule has 0 radical (unpaired) electrons. The number of hydrogen-bond acceptors (Lipinski definition) is 3. The summed E-state index contributed by atoms with van der Waals surface area (Å²) >= 11 is 0. The molecular weight excluding hydrogens is 156 g/mol. The van der Waals surface area contributed by atoms with Gasteiger partial charge in [0.05, 0.1) is 0 Å². The van der Waals surface area contributed by atoms with E-state index in [-0.39, 0.29) is 11.7 Å². The number of rotatable bonds is 2. The van der Waals surface area contributed by atoms with Crippen LogP contribution in [0.5, 0.6) is 0 Å². The molecule has 0 atom stereocenters. The normalized spacial score (nSPS) is 16.1. The summed E-state index contributed by atoms with van der Waals surface area (Å²) in [5.74, 6) is 0.0856. The van der Waals surface area contributed by atoms with Crippen LogP contribution in [0.1, 0.15) is 23.5 Å². The predicted octanol–water partition coefficient (Wildman–Crippen LogP) is -0.293. The quantitative estimate of drug-likeness (QED) is 0.656. The van der Waals surface area contributed by atoms with Crippen molar-refractivity contribution in [1.29, 1.82) is 0 Å². The Labute approximate surface area is 69.8 Å². The van der Waals surface area contributed by atoms with Gasteiger partial charge in [0.15, 0.2) is 0 Å². The first kappa shape index (κ1) is 7.27. The Kier molecular flexibility index (Phi) is 1.56. The fourth-order valence-electron chi connectivity index (χ4n) is 0.921. The lowest BCUT2D eigenvalue weighted by molar-refractivity contribution is 0.0940. The van der Waals surface area contributed by atoms with Crippen LogP contribution in [0, 0.1) is 0 Å². The molecule has 0 aromatic carbocycles. The number of nitrogens with one attached hydrogen (secondary N) is 1. The summed E-state index contributed by atoms with van der Waals surface area (Å²) in [5, 5.41) is 6.69. The van der Waals surface area contributed by atoms with E-state index in [1.807, 2.05) is 0 Å². The molecule has 1 amide bonds. The predicted molar refractivity (Wildman–Crippen MR) is 41.5 cm³/mol. The van der Waals surface area contributed by atoms with Crippen LogP contribution in [-0.4, -0.2) is 26.7 Å². The Morgan fingerprint density at radius 1 is 1.75 bits per heavy atom.